The van der Waals surface area contributed by atoms with Gasteiger partial charge in [0.05, 0.1) is 17.1 Å². The van der Waals surface area contributed by atoms with E-state index in [9.17, 15) is 9.59 Å². The normalized spacial score (nSPS) is 16.5. The van der Waals surface area contributed by atoms with Gasteiger partial charge in [0.1, 0.15) is 0 Å². The number of benzene rings is 4. The first kappa shape index (κ1) is 30.9. The number of carbonyl (C=O) groups excluding carboxylic acids is 2. The largest absolute Gasteiger partial charge is 0.352 e. The van der Waals surface area contributed by atoms with E-state index in [-0.39, 0.29) is 11.8 Å². The van der Waals surface area contributed by atoms with Crippen LogP contribution in [0.4, 0.5) is 5.69 Å². The summed E-state index contributed by atoms with van der Waals surface area (Å²) >= 11 is 1.47. The first-order valence-corrected chi connectivity index (χ1v) is 16.8. The Morgan fingerprint density at radius 1 is 0.889 bits per heavy atom. The van der Waals surface area contributed by atoms with E-state index in [0.717, 1.165) is 59.2 Å². The topological polar surface area (TPSA) is 52.7 Å². The maximum atomic E-state index is 13.9. The van der Waals surface area contributed by atoms with Crippen molar-refractivity contribution in [3.63, 3.8) is 0 Å². The maximum Gasteiger partial charge on any atom is 0.265 e. The summed E-state index contributed by atoms with van der Waals surface area (Å²) in [4.78, 5) is 33.1. The summed E-state index contributed by atoms with van der Waals surface area (Å²) in [6, 6.07) is 34.7. The lowest BCUT2D eigenvalue weighted by Crippen LogP contribution is -2.36. The van der Waals surface area contributed by atoms with Crippen molar-refractivity contribution in [2.75, 3.05) is 31.1 Å². The molecule has 0 bridgehead atoms. The van der Waals surface area contributed by atoms with Crippen LogP contribution in [0.25, 0.3) is 6.08 Å². The van der Waals surface area contributed by atoms with E-state index in [1.165, 1.54) is 36.6 Å². The van der Waals surface area contributed by atoms with Gasteiger partial charge in [0.2, 0.25) is 0 Å². The van der Waals surface area contributed by atoms with Gasteiger partial charge in [0.15, 0.2) is 0 Å². The molecule has 2 amide bonds. The van der Waals surface area contributed by atoms with Crippen LogP contribution in [0.1, 0.15) is 51.9 Å². The SMILES string of the molecule is Cc1cccc(CN2C(=O)/C(=C\c3ccccc3)Sc3ccc(C(=O)NCCCN4CCC(Cc5ccccc5)CC4)cc32)c1. The minimum Gasteiger partial charge on any atom is -0.352 e. The number of hydrogen-bond acceptors (Lipinski definition) is 4. The number of hydrogen-bond donors (Lipinski definition) is 1. The van der Waals surface area contributed by atoms with Gasteiger partial charge < -0.3 is 15.1 Å². The van der Waals surface area contributed by atoms with Crippen molar-refractivity contribution in [3.8, 4) is 0 Å². The van der Waals surface area contributed by atoms with Crippen LogP contribution in [0.15, 0.2) is 113 Å². The second-order valence-corrected chi connectivity index (χ2v) is 13.3. The third-order valence-corrected chi connectivity index (χ3v) is 9.80. The molecule has 5 nitrogen and oxygen atoms in total. The van der Waals surface area contributed by atoms with Crippen LogP contribution in [0.2, 0.25) is 0 Å². The van der Waals surface area contributed by atoms with Crippen molar-refractivity contribution in [3.05, 3.63) is 136 Å². The Hall–Kier alpha value is -4.13. The Labute approximate surface area is 271 Å². The summed E-state index contributed by atoms with van der Waals surface area (Å²) in [6.07, 6.45) is 6.50. The molecule has 0 aromatic heterocycles. The fourth-order valence-corrected chi connectivity index (χ4v) is 7.31. The smallest absolute Gasteiger partial charge is 0.265 e. The van der Waals surface area contributed by atoms with Gasteiger partial charge in [0, 0.05) is 17.0 Å². The Morgan fingerprint density at radius 3 is 2.38 bits per heavy atom. The molecular formula is C39H41N3O2S. The molecule has 1 saturated heterocycles. The minimum atomic E-state index is -0.0991. The van der Waals surface area contributed by atoms with Crippen LogP contribution in [-0.4, -0.2) is 42.9 Å². The number of amides is 2. The Kier molecular flexibility index (Phi) is 10.1. The second kappa shape index (κ2) is 14.8. The molecule has 4 aromatic carbocycles. The fourth-order valence-electron chi connectivity index (χ4n) is 6.27. The Morgan fingerprint density at radius 2 is 1.62 bits per heavy atom. The van der Waals surface area contributed by atoms with Gasteiger partial charge in [-0.05, 0) is 99.1 Å². The first-order chi connectivity index (χ1) is 22.0. The molecule has 0 spiro atoms. The number of carbonyl (C=O) groups is 2. The zero-order valence-corrected chi connectivity index (χ0v) is 26.8. The van der Waals surface area contributed by atoms with Gasteiger partial charge in [-0.3, -0.25) is 9.59 Å². The summed E-state index contributed by atoms with van der Waals surface area (Å²) in [6.45, 7) is 6.37. The molecule has 4 aromatic rings. The number of fused-ring (bicyclic) bond motifs is 1. The highest BCUT2D eigenvalue weighted by molar-refractivity contribution is 8.04. The lowest BCUT2D eigenvalue weighted by atomic mass is 9.90. The van der Waals surface area contributed by atoms with E-state index in [1.807, 2.05) is 71.6 Å². The van der Waals surface area contributed by atoms with Crippen LogP contribution in [0, 0.1) is 12.8 Å². The molecule has 2 heterocycles. The van der Waals surface area contributed by atoms with E-state index in [0.29, 0.717) is 23.6 Å². The molecule has 45 heavy (non-hydrogen) atoms. The number of anilines is 1. The molecule has 2 aliphatic rings. The lowest BCUT2D eigenvalue weighted by molar-refractivity contribution is -0.114. The molecule has 0 unspecified atom stereocenters. The van der Waals surface area contributed by atoms with Crippen molar-refractivity contribution in [1.82, 2.24) is 10.2 Å². The average Bonchev–Trinajstić information content (AvgIpc) is 3.06. The predicted octanol–water partition coefficient (Wildman–Crippen LogP) is 7.75. The molecule has 0 atom stereocenters. The molecule has 230 valence electrons. The van der Waals surface area contributed by atoms with Gasteiger partial charge in [-0.2, -0.15) is 0 Å². The fraction of sp³-hybridized carbons (Fsp3) is 0.282. The van der Waals surface area contributed by atoms with Gasteiger partial charge in [-0.15, -0.1) is 0 Å². The number of aryl methyl sites for hydroxylation is 1. The second-order valence-electron chi connectivity index (χ2n) is 12.2. The molecular weight excluding hydrogens is 575 g/mol. The summed E-state index contributed by atoms with van der Waals surface area (Å²) in [5.74, 6) is 0.605. The maximum absolute atomic E-state index is 13.9. The van der Waals surface area contributed by atoms with Crippen molar-refractivity contribution in [2.45, 2.75) is 44.0 Å². The summed E-state index contributed by atoms with van der Waals surface area (Å²) in [5, 5.41) is 3.12. The number of rotatable bonds is 10. The number of nitrogens with zero attached hydrogens (tertiary/aromatic N) is 2. The van der Waals surface area contributed by atoms with Gasteiger partial charge in [-0.25, -0.2) is 0 Å². The van der Waals surface area contributed by atoms with Crippen LogP contribution in [-0.2, 0) is 17.8 Å². The molecule has 6 heteroatoms. The molecule has 1 fully saturated rings. The standard InChI is InChI=1S/C39H41N3O2S/c1-29-10-8-15-33(24-29)28-42-35-27-34(16-17-36(35)45-37(39(42)44)26-31-13-6-3-7-14-31)38(43)40-20-9-21-41-22-18-32(19-23-41)25-30-11-4-2-5-12-30/h2-8,10-17,24,26-27,32H,9,18-23,25,28H2,1H3,(H,40,43)/b37-26+. The minimum absolute atomic E-state index is 0.0528. The highest BCUT2D eigenvalue weighted by atomic mass is 32.2. The van der Waals surface area contributed by atoms with Gasteiger partial charge in [-0.1, -0.05) is 102 Å². The zero-order valence-electron chi connectivity index (χ0n) is 26.0. The van der Waals surface area contributed by atoms with Crippen LogP contribution >= 0.6 is 11.8 Å². The monoisotopic (exact) mass is 615 g/mol. The van der Waals surface area contributed by atoms with Crippen molar-refractivity contribution in [2.24, 2.45) is 5.92 Å². The zero-order chi connectivity index (χ0) is 31.0. The van der Waals surface area contributed by atoms with E-state index in [1.54, 1.807) is 0 Å². The number of nitrogens with one attached hydrogen (secondary N) is 1. The first-order valence-electron chi connectivity index (χ1n) is 16.0. The Balaban J connectivity index is 1.07. The van der Waals surface area contributed by atoms with E-state index < -0.39 is 0 Å². The Bertz CT molecular complexity index is 1650. The highest BCUT2D eigenvalue weighted by Crippen LogP contribution is 2.43. The molecule has 0 saturated carbocycles. The molecule has 6 rings (SSSR count). The predicted molar refractivity (Wildman–Crippen MR) is 185 cm³/mol. The summed E-state index contributed by atoms with van der Waals surface area (Å²) < 4.78 is 0. The lowest BCUT2D eigenvalue weighted by Gasteiger charge is -2.32. The van der Waals surface area contributed by atoms with Crippen molar-refractivity contribution < 1.29 is 9.59 Å². The number of piperidine rings is 1. The summed E-state index contributed by atoms with van der Waals surface area (Å²) in [7, 11) is 0. The molecule has 1 N–H and O–H groups in total. The van der Waals surface area contributed by atoms with Gasteiger partial charge >= 0.3 is 0 Å². The number of thioether (sulfide) groups is 1. The molecule has 0 radical (unpaired) electrons. The quantitative estimate of drug-likeness (QED) is 0.146. The van der Waals surface area contributed by atoms with Crippen LogP contribution in [0.3, 0.4) is 0 Å². The highest BCUT2D eigenvalue weighted by Gasteiger charge is 2.30. The van der Waals surface area contributed by atoms with Gasteiger partial charge in [0.25, 0.3) is 11.8 Å². The van der Waals surface area contributed by atoms with E-state index in [2.05, 4.69) is 59.6 Å². The van der Waals surface area contributed by atoms with E-state index in [4.69, 9.17) is 0 Å². The third-order valence-electron chi connectivity index (χ3n) is 8.72. The van der Waals surface area contributed by atoms with Crippen molar-refractivity contribution in [1.29, 1.82) is 0 Å². The van der Waals surface area contributed by atoms with E-state index >= 15 is 0 Å². The van der Waals surface area contributed by atoms with Crippen molar-refractivity contribution >= 4 is 35.3 Å². The molecule has 0 aliphatic carbocycles. The van der Waals surface area contributed by atoms with Crippen LogP contribution in [0.5, 0.6) is 0 Å². The molecule has 2 aliphatic heterocycles. The summed E-state index contributed by atoms with van der Waals surface area (Å²) in [5.41, 5.74) is 5.98. The van der Waals surface area contributed by atoms with Crippen LogP contribution < -0.4 is 10.2 Å². The number of likely N-dealkylation sites (tertiary alicyclic amines) is 1. The average molecular weight is 616 g/mol. The third kappa shape index (κ3) is 8.13.